The predicted molar refractivity (Wildman–Crippen MR) is 123 cm³/mol. The lowest BCUT2D eigenvalue weighted by Crippen LogP contribution is -2.14. The molecule has 0 amide bonds. The summed E-state index contributed by atoms with van der Waals surface area (Å²) >= 11 is 0. The average Bonchev–Trinajstić information content (AvgIpc) is 3.48. The molecule has 0 fully saturated rings. The molecule has 0 unspecified atom stereocenters. The summed E-state index contributed by atoms with van der Waals surface area (Å²) in [6, 6.07) is 16.2. The Balaban J connectivity index is 1.76. The number of fused-ring (bicyclic) bond motifs is 4. The quantitative estimate of drug-likeness (QED) is 0.390. The van der Waals surface area contributed by atoms with E-state index in [2.05, 4.69) is 10.1 Å². The highest BCUT2D eigenvalue weighted by Crippen LogP contribution is 2.38. The van der Waals surface area contributed by atoms with Crippen molar-refractivity contribution in [3.05, 3.63) is 78.8 Å². The van der Waals surface area contributed by atoms with E-state index >= 15 is 0 Å². The molecule has 0 radical (unpaired) electrons. The van der Waals surface area contributed by atoms with Gasteiger partial charge in [-0.1, -0.05) is 35.9 Å². The minimum Gasteiger partial charge on any atom is -0.464 e. The first kappa shape index (κ1) is 18.8. The lowest BCUT2D eigenvalue weighted by Gasteiger charge is -2.11. The molecule has 6 rings (SSSR count). The number of hydrogen-bond acceptors (Lipinski definition) is 5. The number of aromatic nitrogens is 4. The van der Waals surface area contributed by atoms with Gasteiger partial charge in [-0.2, -0.15) is 5.10 Å². The number of benzene rings is 2. The molecule has 2 aromatic carbocycles. The first-order valence-corrected chi connectivity index (χ1v) is 11.5. The van der Waals surface area contributed by atoms with E-state index in [4.69, 9.17) is 4.42 Å². The Morgan fingerprint density at radius 1 is 0.969 bits per heavy atom. The van der Waals surface area contributed by atoms with Crippen LogP contribution in [-0.4, -0.2) is 27.2 Å². The summed E-state index contributed by atoms with van der Waals surface area (Å²) in [7, 11) is -2.11. The molecule has 0 saturated heterocycles. The van der Waals surface area contributed by atoms with E-state index in [0.29, 0.717) is 27.9 Å². The van der Waals surface area contributed by atoms with Gasteiger partial charge < -0.3 is 4.42 Å². The number of furan rings is 1. The number of pyridine rings is 1. The third kappa shape index (κ3) is 2.56. The Hall–Kier alpha value is -3.91. The maximum absolute atomic E-state index is 13.9. The van der Waals surface area contributed by atoms with Crippen molar-refractivity contribution in [3.8, 4) is 11.3 Å². The first-order valence-electron chi connectivity index (χ1n) is 10.1. The van der Waals surface area contributed by atoms with Crippen molar-refractivity contribution in [1.82, 2.24) is 18.7 Å². The number of para-hydroxylation sites is 1. The van der Waals surface area contributed by atoms with Gasteiger partial charge in [0.2, 0.25) is 0 Å². The minimum absolute atomic E-state index is 0.196. The predicted octanol–water partition coefficient (Wildman–Crippen LogP) is 4.88. The summed E-state index contributed by atoms with van der Waals surface area (Å²) in [5.74, 6) is 0. The van der Waals surface area contributed by atoms with Gasteiger partial charge in [-0.25, -0.2) is 17.4 Å². The summed E-state index contributed by atoms with van der Waals surface area (Å²) in [5.41, 5.74) is 4.02. The van der Waals surface area contributed by atoms with Crippen LogP contribution in [0.15, 0.2) is 82.6 Å². The lowest BCUT2D eigenvalue weighted by molar-refractivity contribution is 0.589. The molecule has 7 nitrogen and oxygen atoms in total. The molecular formula is C24H18N4O3S. The maximum atomic E-state index is 13.9. The van der Waals surface area contributed by atoms with Crippen molar-refractivity contribution in [2.75, 3.05) is 0 Å². The fraction of sp³-hybridized carbons (Fsp3) is 0.0833. The molecule has 0 aliphatic heterocycles. The third-order valence-electron chi connectivity index (χ3n) is 5.80. The van der Waals surface area contributed by atoms with E-state index in [1.54, 1.807) is 47.6 Å². The van der Waals surface area contributed by atoms with Crippen molar-refractivity contribution in [2.45, 2.75) is 11.8 Å². The monoisotopic (exact) mass is 442 g/mol. The molecule has 0 saturated carbocycles. The van der Waals surface area contributed by atoms with Gasteiger partial charge in [0.25, 0.3) is 10.0 Å². The van der Waals surface area contributed by atoms with Gasteiger partial charge in [0, 0.05) is 35.0 Å². The first-order chi connectivity index (χ1) is 15.4. The normalized spacial score (nSPS) is 12.3. The standard InChI is InChI=1S/C24H18N4O3S/c1-15-7-9-17(10-8-15)32(29,30)28-21(20-14-31-22-6-4-3-5-18(20)22)11-19-23-16(12-25-24(19)28)13-26-27(23)2/h3-14H,1-2H3. The van der Waals surface area contributed by atoms with Crippen molar-refractivity contribution in [2.24, 2.45) is 7.05 Å². The summed E-state index contributed by atoms with van der Waals surface area (Å²) in [6.07, 6.45) is 4.98. The van der Waals surface area contributed by atoms with Gasteiger partial charge in [-0.05, 0) is 31.2 Å². The van der Waals surface area contributed by atoms with Crippen molar-refractivity contribution in [3.63, 3.8) is 0 Å². The fourth-order valence-corrected chi connectivity index (χ4v) is 5.69. The van der Waals surface area contributed by atoms with Gasteiger partial charge in [0.05, 0.1) is 22.3 Å². The molecule has 0 spiro atoms. The van der Waals surface area contributed by atoms with Gasteiger partial charge >= 0.3 is 0 Å². The largest absolute Gasteiger partial charge is 0.464 e. The number of hydrogen-bond donors (Lipinski definition) is 0. The second-order valence-electron chi connectivity index (χ2n) is 7.83. The minimum atomic E-state index is -3.95. The SMILES string of the molecule is Cc1ccc(S(=O)(=O)n2c(-c3coc4ccccc34)cc3c4c(cnc32)cnn4C)cc1. The van der Waals surface area contributed by atoms with Crippen LogP contribution in [0.2, 0.25) is 0 Å². The van der Waals surface area contributed by atoms with Crippen molar-refractivity contribution < 1.29 is 12.8 Å². The van der Waals surface area contributed by atoms with Crippen LogP contribution >= 0.6 is 0 Å². The van der Waals surface area contributed by atoms with E-state index in [1.807, 2.05) is 44.3 Å². The van der Waals surface area contributed by atoms with Crippen LogP contribution < -0.4 is 0 Å². The van der Waals surface area contributed by atoms with Crippen molar-refractivity contribution in [1.29, 1.82) is 0 Å². The molecule has 6 aromatic rings. The van der Waals surface area contributed by atoms with Crippen LogP contribution in [0.5, 0.6) is 0 Å². The molecule has 0 bridgehead atoms. The Kier molecular flexibility index (Phi) is 3.85. The average molecular weight is 443 g/mol. The molecule has 4 aromatic heterocycles. The Morgan fingerprint density at radius 3 is 2.56 bits per heavy atom. The zero-order chi connectivity index (χ0) is 22.0. The van der Waals surface area contributed by atoms with Gasteiger partial charge in [0.15, 0.2) is 5.65 Å². The van der Waals surface area contributed by atoms with Crippen LogP contribution in [-0.2, 0) is 17.1 Å². The number of nitrogens with zero attached hydrogens (tertiary/aromatic N) is 4. The topological polar surface area (TPSA) is 82.9 Å². The van der Waals surface area contributed by atoms with E-state index in [9.17, 15) is 8.42 Å². The van der Waals surface area contributed by atoms with Crippen LogP contribution in [0.4, 0.5) is 0 Å². The number of rotatable bonds is 3. The molecule has 8 heteroatoms. The van der Waals surface area contributed by atoms with Gasteiger partial charge in [-0.3, -0.25) is 4.68 Å². The molecular weight excluding hydrogens is 424 g/mol. The summed E-state index contributed by atoms with van der Waals surface area (Å²) in [5, 5.41) is 6.71. The molecule has 32 heavy (non-hydrogen) atoms. The lowest BCUT2D eigenvalue weighted by atomic mass is 10.1. The fourth-order valence-electron chi connectivity index (χ4n) is 4.21. The highest BCUT2D eigenvalue weighted by Gasteiger charge is 2.27. The van der Waals surface area contributed by atoms with Gasteiger partial charge in [-0.15, -0.1) is 0 Å². The number of aryl methyl sites for hydroxylation is 2. The van der Waals surface area contributed by atoms with E-state index in [1.165, 1.54) is 3.97 Å². The van der Waals surface area contributed by atoms with E-state index in [-0.39, 0.29) is 4.90 Å². The summed E-state index contributed by atoms with van der Waals surface area (Å²) in [4.78, 5) is 4.74. The van der Waals surface area contributed by atoms with Crippen LogP contribution in [0, 0.1) is 6.92 Å². The van der Waals surface area contributed by atoms with Gasteiger partial charge in [0.1, 0.15) is 11.8 Å². The highest BCUT2D eigenvalue weighted by molar-refractivity contribution is 7.90. The molecule has 158 valence electrons. The molecule has 0 N–H and O–H groups in total. The van der Waals surface area contributed by atoms with Crippen LogP contribution in [0.25, 0.3) is 44.2 Å². The Bertz CT molecular complexity index is 1760. The molecule has 0 atom stereocenters. The van der Waals surface area contributed by atoms with E-state index in [0.717, 1.165) is 21.9 Å². The second kappa shape index (κ2) is 6.54. The Labute approximate surface area is 183 Å². The summed E-state index contributed by atoms with van der Waals surface area (Å²) < 4.78 is 36.6. The zero-order valence-electron chi connectivity index (χ0n) is 17.4. The van der Waals surface area contributed by atoms with E-state index < -0.39 is 10.0 Å². The van der Waals surface area contributed by atoms with Crippen LogP contribution in [0.3, 0.4) is 0 Å². The molecule has 4 heterocycles. The third-order valence-corrected chi connectivity index (χ3v) is 7.52. The highest BCUT2D eigenvalue weighted by atomic mass is 32.2. The second-order valence-corrected chi connectivity index (χ2v) is 9.61. The molecule has 0 aliphatic rings. The zero-order valence-corrected chi connectivity index (χ0v) is 18.2. The van der Waals surface area contributed by atoms with Crippen molar-refractivity contribution >= 4 is 42.9 Å². The smallest absolute Gasteiger partial charge is 0.269 e. The Morgan fingerprint density at radius 2 is 1.75 bits per heavy atom. The summed E-state index contributed by atoms with van der Waals surface area (Å²) in [6.45, 7) is 1.92. The molecule has 0 aliphatic carbocycles. The van der Waals surface area contributed by atoms with Crippen LogP contribution in [0.1, 0.15) is 5.56 Å². The maximum Gasteiger partial charge on any atom is 0.269 e.